The minimum atomic E-state index is -2.48. The average Bonchev–Trinajstić information content (AvgIpc) is 2.23. The SMILES string of the molecule is COc1ncc(Br)cc1C=CC1CC(F)(F)C1. The Morgan fingerprint density at radius 1 is 1.53 bits per heavy atom. The van der Waals surface area contributed by atoms with Gasteiger partial charge in [-0.25, -0.2) is 13.8 Å². The van der Waals surface area contributed by atoms with Crippen molar-refractivity contribution >= 4 is 22.0 Å². The van der Waals surface area contributed by atoms with Crippen LogP contribution in [0.1, 0.15) is 18.4 Å². The van der Waals surface area contributed by atoms with Crippen LogP contribution in [0.2, 0.25) is 0 Å². The van der Waals surface area contributed by atoms with Gasteiger partial charge in [-0.2, -0.15) is 0 Å². The van der Waals surface area contributed by atoms with Crippen LogP contribution in [0.15, 0.2) is 22.8 Å². The molecule has 0 bridgehead atoms. The van der Waals surface area contributed by atoms with Gasteiger partial charge < -0.3 is 4.74 Å². The maximum Gasteiger partial charge on any atom is 0.249 e. The van der Waals surface area contributed by atoms with Gasteiger partial charge in [-0.05, 0) is 27.9 Å². The zero-order valence-electron chi connectivity index (χ0n) is 9.29. The van der Waals surface area contributed by atoms with Crippen LogP contribution in [0, 0.1) is 5.92 Å². The average molecular weight is 304 g/mol. The minimum Gasteiger partial charge on any atom is -0.481 e. The zero-order valence-corrected chi connectivity index (χ0v) is 10.9. The summed E-state index contributed by atoms with van der Waals surface area (Å²) in [4.78, 5) is 4.08. The number of nitrogens with zero attached hydrogens (tertiary/aromatic N) is 1. The molecule has 1 aliphatic rings. The molecule has 2 nitrogen and oxygen atoms in total. The van der Waals surface area contributed by atoms with Gasteiger partial charge in [0.1, 0.15) is 0 Å². The molecule has 92 valence electrons. The van der Waals surface area contributed by atoms with Crippen LogP contribution in [0.3, 0.4) is 0 Å². The smallest absolute Gasteiger partial charge is 0.249 e. The summed E-state index contributed by atoms with van der Waals surface area (Å²) in [5, 5.41) is 0. The lowest BCUT2D eigenvalue weighted by Gasteiger charge is -2.32. The topological polar surface area (TPSA) is 22.1 Å². The van der Waals surface area contributed by atoms with Gasteiger partial charge in [0.15, 0.2) is 0 Å². The monoisotopic (exact) mass is 303 g/mol. The summed E-state index contributed by atoms with van der Waals surface area (Å²) in [5.41, 5.74) is 0.789. The molecule has 0 aromatic carbocycles. The van der Waals surface area contributed by atoms with Crippen molar-refractivity contribution in [1.29, 1.82) is 0 Å². The van der Waals surface area contributed by atoms with E-state index in [1.165, 1.54) is 7.11 Å². The zero-order chi connectivity index (χ0) is 12.5. The van der Waals surface area contributed by atoms with Crippen molar-refractivity contribution in [1.82, 2.24) is 4.98 Å². The van der Waals surface area contributed by atoms with E-state index in [1.54, 1.807) is 18.3 Å². The number of alkyl halides is 2. The third kappa shape index (κ3) is 3.03. The van der Waals surface area contributed by atoms with E-state index in [1.807, 2.05) is 6.07 Å². The number of methoxy groups -OCH3 is 1. The van der Waals surface area contributed by atoms with Gasteiger partial charge in [0.2, 0.25) is 11.8 Å². The highest BCUT2D eigenvalue weighted by atomic mass is 79.9. The molecule has 1 aromatic heterocycles. The largest absolute Gasteiger partial charge is 0.481 e. The van der Waals surface area contributed by atoms with E-state index < -0.39 is 5.92 Å². The lowest BCUT2D eigenvalue weighted by molar-refractivity contribution is -0.0960. The number of hydrogen-bond acceptors (Lipinski definition) is 2. The number of ether oxygens (including phenoxy) is 1. The molecule has 1 heterocycles. The van der Waals surface area contributed by atoms with Crippen molar-refractivity contribution in [3.63, 3.8) is 0 Å². The molecule has 0 amide bonds. The second-order valence-corrected chi connectivity index (χ2v) is 5.05. The number of allylic oxidation sites excluding steroid dienone is 1. The highest BCUT2D eigenvalue weighted by Crippen LogP contribution is 2.43. The van der Waals surface area contributed by atoms with Crippen LogP contribution in [0.5, 0.6) is 5.88 Å². The molecular formula is C12H12BrF2NO. The summed E-state index contributed by atoms with van der Waals surface area (Å²) >= 11 is 3.31. The Morgan fingerprint density at radius 3 is 2.82 bits per heavy atom. The fraction of sp³-hybridized carbons (Fsp3) is 0.417. The summed E-state index contributed by atoms with van der Waals surface area (Å²) in [6, 6.07) is 1.85. The molecular weight excluding hydrogens is 292 g/mol. The van der Waals surface area contributed by atoms with Crippen LogP contribution in [0.25, 0.3) is 6.08 Å². The van der Waals surface area contributed by atoms with E-state index in [0.717, 1.165) is 10.0 Å². The summed E-state index contributed by atoms with van der Waals surface area (Å²) in [6.07, 6.45) is 5.09. The van der Waals surface area contributed by atoms with Crippen molar-refractivity contribution in [3.8, 4) is 5.88 Å². The number of pyridine rings is 1. The standard InChI is InChI=1S/C12H12BrF2NO/c1-17-11-9(4-10(13)7-16-11)3-2-8-5-12(14,15)6-8/h2-4,7-8H,5-6H2,1H3. The lowest BCUT2D eigenvalue weighted by Crippen LogP contribution is -2.33. The fourth-order valence-electron chi connectivity index (χ4n) is 1.82. The first kappa shape index (κ1) is 12.5. The molecule has 0 unspecified atom stereocenters. The number of rotatable bonds is 3. The molecule has 0 aliphatic heterocycles. The van der Waals surface area contributed by atoms with Gasteiger partial charge in [0.25, 0.3) is 0 Å². The lowest BCUT2D eigenvalue weighted by atomic mass is 9.81. The quantitative estimate of drug-likeness (QED) is 0.844. The first-order valence-corrected chi connectivity index (χ1v) is 6.05. The van der Waals surface area contributed by atoms with Crippen molar-refractivity contribution in [2.24, 2.45) is 5.92 Å². The van der Waals surface area contributed by atoms with Crippen molar-refractivity contribution < 1.29 is 13.5 Å². The Labute approximate surface area is 107 Å². The van der Waals surface area contributed by atoms with Crippen molar-refractivity contribution in [2.75, 3.05) is 7.11 Å². The molecule has 0 N–H and O–H groups in total. The normalized spacial score (nSPS) is 19.3. The molecule has 1 fully saturated rings. The first-order valence-electron chi connectivity index (χ1n) is 5.26. The highest BCUT2D eigenvalue weighted by Gasteiger charge is 2.43. The Morgan fingerprint density at radius 2 is 2.24 bits per heavy atom. The van der Waals surface area contributed by atoms with Gasteiger partial charge in [-0.3, -0.25) is 0 Å². The summed E-state index contributed by atoms with van der Waals surface area (Å²) in [7, 11) is 1.53. The molecule has 0 spiro atoms. The molecule has 0 atom stereocenters. The van der Waals surface area contributed by atoms with Gasteiger partial charge in [-0.15, -0.1) is 0 Å². The van der Waals surface area contributed by atoms with Crippen molar-refractivity contribution in [2.45, 2.75) is 18.8 Å². The minimum absolute atomic E-state index is 0.0475. The fourth-order valence-corrected chi connectivity index (χ4v) is 2.16. The third-order valence-corrected chi connectivity index (χ3v) is 3.14. The molecule has 0 radical (unpaired) electrons. The Balaban J connectivity index is 2.08. The van der Waals surface area contributed by atoms with Gasteiger partial charge in [0.05, 0.1) is 7.11 Å². The predicted molar refractivity (Wildman–Crippen MR) is 65.2 cm³/mol. The van der Waals surface area contributed by atoms with Gasteiger partial charge in [-0.1, -0.05) is 12.2 Å². The maximum atomic E-state index is 12.6. The maximum absolute atomic E-state index is 12.6. The summed E-state index contributed by atoms with van der Waals surface area (Å²) in [6.45, 7) is 0. The van der Waals surface area contributed by atoms with E-state index >= 15 is 0 Å². The summed E-state index contributed by atoms with van der Waals surface area (Å²) in [5.74, 6) is -2.03. The van der Waals surface area contributed by atoms with Gasteiger partial charge >= 0.3 is 0 Å². The number of aromatic nitrogens is 1. The second-order valence-electron chi connectivity index (χ2n) is 4.14. The van der Waals surface area contributed by atoms with Crippen LogP contribution in [-0.4, -0.2) is 18.0 Å². The molecule has 5 heteroatoms. The molecule has 1 aromatic rings. The number of halogens is 3. The first-order chi connectivity index (χ1) is 8.00. The van der Waals surface area contributed by atoms with Crippen LogP contribution < -0.4 is 4.74 Å². The Bertz CT molecular complexity index is 440. The molecule has 17 heavy (non-hydrogen) atoms. The summed E-state index contributed by atoms with van der Waals surface area (Å²) < 4.78 is 31.2. The van der Waals surface area contributed by atoms with Crippen LogP contribution >= 0.6 is 15.9 Å². The Hall–Kier alpha value is -0.970. The predicted octanol–water partition coefficient (Wildman–Crippen LogP) is 3.91. The van der Waals surface area contributed by atoms with E-state index in [2.05, 4.69) is 20.9 Å². The Kier molecular flexibility index (Phi) is 3.47. The second kappa shape index (κ2) is 4.72. The van der Waals surface area contributed by atoms with E-state index in [4.69, 9.17) is 4.74 Å². The van der Waals surface area contributed by atoms with E-state index in [-0.39, 0.29) is 18.8 Å². The van der Waals surface area contributed by atoms with Crippen LogP contribution in [0.4, 0.5) is 8.78 Å². The molecule has 2 rings (SSSR count). The number of hydrogen-bond donors (Lipinski definition) is 0. The molecule has 1 saturated carbocycles. The van der Waals surface area contributed by atoms with E-state index in [9.17, 15) is 8.78 Å². The third-order valence-electron chi connectivity index (χ3n) is 2.71. The van der Waals surface area contributed by atoms with Gasteiger partial charge in [0, 0.05) is 29.1 Å². The van der Waals surface area contributed by atoms with Crippen molar-refractivity contribution in [3.05, 3.63) is 28.4 Å². The molecule has 1 aliphatic carbocycles. The molecule has 0 saturated heterocycles. The van der Waals surface area contributed by atoms with Crippen LogP contribution in [-0.2, 0) is 0 Å². The van der Waals surface area contributed by atoms with E-state index in [0.29, 0.717) is 5.88 Å². The highest BCUT2D eigenvalue weighted by molar-refractivity contribution is 9.10.